The van der Waals surface area contributed by atoms with Crippen LogP contribution in [-0.2, 0) is 0 Å². The minimum atomic E-state index is -0.397. The van der Waals surface area contributed by atoms with Crippen molar-refractivity contribution in [2.24, 2.45) is 0 Å². The van der Waals surface area contributed by atoms with E-state index in [4.69, 9.17) is 11.6 Å². The van der Waals surface area contributed by atoms with Crippen LogP contribution in [0.3, 0.4) is 0 Å². The molecule has 0 unspecified atom stereocenters. The van der Waals surface area contributed by atoms with Crippen LogP contribution >= 0.6 is 11.6 Å². The average Bonchev–Trinajstić information content (AvgIpc) is 3.26. The van der Waals surface area contributed by atoms with E-state index in [-0.39, 0.29) is 10.7 Å². The quantitative estimate of drug-likeness (QED) is 0.791. The number of hydrogen-bond acceptors (Lipinski definition) is 5. The molecule has 1 aromatic carbocycles. The summed E-state index contributed by atoms with van der Waals surface area (Å²) < 4.78 is 1.56. The van der Waals surface area contributed by atoms with Crippen molar-refractivity contribution < 1.29 is 4.79 Å². The van der Waals surface area contributed by atoms with Crippen LogP contribution in [0.5, 0.6) is 0 Å². The first-order valence-corrected chi connectivity index (χ1v) is 8.11. The van der Waals surface area contributed by atoms with E-state index in [0.29, 0.717) is 5.95 Å². The van der Waals surface area contributed by atoms with Crippen molar-refractivity contribution in [3.8, 4) is 0 Å². The number of para-hydroxylation sites is 2. The van der Waals surface area contributed by atoms with Gasteiger partial charge in [-0.2, -0.15) is 0 Å². The van der Waals surface area contributed by atoms with Crippen LogP contribution < -0.4 is 10.3 Å². The molecule has 122 valence electrons. The zero-order valence-electron chi connectivity index (χ0n) is 12.8. The van der Waals surface area contributed by atoms with E-state index in [1.807, 2.05) is 24.3 Å². The number of carbonyl (C=O) groups is 1. The molecule has 1 amide bonds. The van der Waals surface area contributed by atoms with E-state index < -0.39 is 5.91 Å². The lowest BCUT2D eigenvalue weighted by Gasteiger charge is -2.16. The van der Waals surface area contributed by atoms with Crippen molar-refractivity contribution >= 4 is 34.5 Å². The first-order valence-electron chi connectivity index (χ1n) is 7.73. The monoisotopic (exact) mass is 342 g/mol. The Labute approximate surface area is 143 Å². The Hall–Kier alpha value is -2.67. The summed E-state index contributed by atoms with van der Waals surface area (Å²) in [5.74, 6) is 0.142. The topological polar surface area (TPSA) is 75.9 Å². The van der Waals surface area contributed by atoms with Crippen molar-refractivity contribution in [3.63, 3.8) is 0 Å². The molecule has 24 heavy (non-hydrogen) atoms. The highest BCUT2D eigenvalue weighted by atomic mass is 35.5. The molecule has 0 atom stereocenters. The molecular formula is C16H15ClN6O. The van der Waals surface area contributed by atoms with Crippen molar-refractivity contribution in [2.45, 2.75) is 12.8 Å². The minimum absolute atomic E-state index is 0.159. The second kappa shape index (κ2) is 6.09. The van der Waals surface area contributed by atoms with Gasteiger partial charge in [0, 0.05) is 13.1 Å². The van der Waals surface area contributed by atoms with E-state index in [9.17, 15) is 4.79 Å². The molecule has 1 saturated heterocycles. The van der Waals surface area contributed by atoms with E-state index in [0.717, 1.165) is 37.0 Å². The Morgan fingerprint density at radius 1 is 1.17 bits per heavy atom. The van der Waals surface area contributed by atoms with Gasteiger partial charge in [0.15, 0.2) is 5.69 Å². The standard InChI is InChI=1S/C16H15ClN6O/c17-11-9-18-16(22-7-3-4-8-22)20-14(11)15(24)21-23-10-19-12-5-1-2-6-13(12)23/h1-2,5-6,9-10H,3-4,7-8H2,(H,21,24). The molecule has 1 N–H and O–H groups in total. The number of hydrogen-bond donors (Lipinski definition) is 1. The lowest BCUT2D eigenvalue weighted by molar-refractivity contribution is 0.100. The van der Waals surface area contributed by atoms with Crippen LogP contribution in [0.15, 0.2) is 36.8 Å². The second-order valence-corrected chi connectivity index (χ2v) is 6.01. The fourth-order valence-electron chi connectivity index (χ4n) is 2.80. The van der Waals surface area contributed by atoms with Crippen LogP contribution in [0.1, 0.15) is 23.3 Å². The number of nitrogens with one attached hydrogen (secondary N) is 1. The summed E-state index contributed by atoms with van der Waals surface area (Å²) in [7, 11) is 0. The Bertz CT molecular complexity index is 902. The Kier molecular flexibility index (Phi) is 3.78. The first kappa shape index (κ1) is 14.9. The third-order valence-electron chi connectivity index (χ3n) is 4.01. The number of carbonyl (C=O) groups excluding carboxylic acids is 1. The maximum absolute atomic E-state index is 12.6. The van der Waals surface area contributed by atoms with Gasteiger partial charge in [-0.15, -0.1) is 0 Å². The number of fused-ring (bicyclic) bond motifs is 1. The zero-order valence-corrected chi connectivity index (χ0v) is 13.6. The Morgan fingerprint density at radius 3 is 2.79 bits per heavy atom. The highest BCUT2D eigenvalue weighted by Crippen LogP contribution is 2.20. The predicted octanol–water partition coefficient (Wildman–Crippen LogP) is 2.46. The largest absolute Gasteiger partial charge is 0.341 e. The molecule has 0 bridgehead atoms. The van der Waals surface area contributed by atoms with Gasteiger partial charge < -0.3 is 4.90 Å². The number of nitrogens with zero attached hydrogens (tertiary/aromatic N) is 5. The lowest BCUT2D eigenvalue weighted by Crippen LogP contribution is -2.26. The van der Waals surface area contributed by atoms with Crippen LogP contribution in [0.2, 0.25) is 5.02 Å². The van der Waals surface area contributed by atoms with Crippen molar-refractivity contribution in [3.05, 3.63) is 47.5 Å². The molecule has 1 aliphatic rings. The number of amides is 1. The minimum Gasteiger partial charge on any atom is -0.341 e. The summed E-state index contributed by atoms with van der Waals surface area (Å²) in [6.07, 6.45) is 5.24. The van der Waals surface area contributed by atoms with Gasteiger partial charge in [0.2, 0.25) is 5.95 Å². The molecule has 2 aromatic heterocycles. The van der Waals surface area contributed by atoms with Gasteiger partial charge in [-0.25, -0.2) is 19.6 Å². The summed E-state index contributed by atoms with van der Waals surface area (Å²) in [4.78, 5) is 27.5. The first-order chi connectivity index (χ1) is 11.7. The van der Waals surface area contributed by atoms with Crippen LogP contribution in [0.25, 0.3) is 11.0 Å². The normalized spacial score (nSPS) is 14.3. The van der Waals surface area contributed by atoms with Crippen molar-refractivity contribution in [2.75, 3.05) is 23.4 Å². The van der Waals surface area contributed by atoms with Gasteiger partial charge in [0.25, 0.3) is 5.91 Å². The van der Waals surface area contributed by atoms with Gasteiger partial charge in [-0.1, -0.05) is 23.7 Å². The molecular weight excluding hydrogens is 328 g/mol. The van der Waals surface area contributed by atoms with E-state index in [1.165, 1.54) is 6.20 Å². The maximum Gasteiger partial charge on any atom is 0.290 e. The highest BCUT2D eigenvalue weighted by Gasteiger charge is 2.20. The van der Waals surface area contributed by atoms with E-state index in [2.05, 4.69) is 25.3 Å². The second-order valence-electron chi connectivity index (χ2n) is 5.60. The molecule has 3 heterocycles. The molecule has 1 aliphatic heterocycles. The Balaban J connectivity index is 1.63. The molecule has 0 aliphatic carbocycles. The smallest absolute Gasteiger partial charge is 0.290 e. The molecule has 0 saturated carbocycles. The molecule has 1 fully saturated rings. The number of benzene rings is 1. The van der Waals surface area contributed by atoms with E-state index >= 15 is 0 Å². The zero-order chi connectivity index (χ0) is 16.5. The fraction of sp³-hybridized carbons (Fsp3) is 0.250. The summed E-state index contributed by atoms with van der Waals surface area (Å²) in [5.41, 5.74) is 4.52. The number of rotatable bonds is 3. The molecule has 8 heteroatoms. The van der Waals surface area contributed by atoms with Gasteiger partial charge in [-0.3, -0.25) is 10.2 Å². The maximum atomic E-state index is 12.6. The molecule has 4 rings (SSSR count). The summed E-state index contributed by atoms with van der Waals surface area (Å²) in [6, 6.07) is 7.53. The summed E-state index contributed by atoms with van der Waals surface area (Å²) in [6.45, 7) is 1.80. The summed E-state index contributed by atoms with van der Waals surface area (Å²) in [5, 5.41) is 0.222. The van der Waals surface area contributed by atoms with E-state index in [1.54, 1.807) is 11.0 Å². The van der Waals surface area contributed by atoms with Gasteiger partial charge in [0.05, 0.1) is 22.3 Å². The number of anilines is 1. The number of aromatic nitrogens is 4. The number of imidazole rings is 1. The fourth-order valence-corrected chi connectivity index (χ4v) is 2.97. The molecule has 0 spiro atoms. The third kappa shape index (κ3) is 2.67. The highest BCUT2D eigenvalue weighted by molar-refractivity contribution is 6.33. The van der Waals surface area contributed by atoms with Crippen LogP contribution in [-0.4, -0.2) is 38.6 Å². The van der Waals surface area contributed by atoms with Crippen LogP contribution in [0, 0.1) is 0 Å². The van der Waals surface area contributed by atoms with Crippen LogP contribution in [0.4, 0.5) is 5.95 Å². The number of halogens is 1. The third-order valence-corrected chi connectivity index (χ3v) is 4.29. The molecule has 7 nitrogen and oxygen atoms in total. The average molecular weight is 343 g/mol. The van der Waals surface area contributed by atoms with Gasteiger partial charge in [-0.05, 0) is 25.0 Å². The molecule has 3 aromatic rings. The van der Waals surface area contributed by atoms with Crippen molar-refractivity contribution in [1.29, 1.82) is 0 Å². The summed E-state index contributed by atoms with van der Waals surface area (Å²) >= 11 is 6.13. The lowest BCUT2D eigenvalue weighted by atomic mass is 10.3. The molecule has 0 radical (unpaired) electrons. The predicted molar refractivity (Wildman–Crippen MR) is 91.9 cm³/mol. The van der Waals surface area contributed by atoms with Crippen molar-refractivity contribution in [1.82, 2.24) is 19.6 Å². The Morgan fingerprint density at radius 2 is 1.96 bits per heavy atom. The van der Waals surface area contributed by atoms with Gasteiger partial charge in [0.1, 0.15) is 6.33 Å². The SMILES string of the molecule is O=C(Nn1cnc2ccccc21)c1nc(N2CCCC2)ncc1Cl. The van der Waals surface area contributed by atoms with Gasteiger partial charge >= 0.3 is 0 Å².